The van der Waals surface area contributed by atoms with Crippen LogP contribution in [0.4, 0.5) is 0 Å². The maximum absolute atomic E-state index is 13.2. The van der Waals surface area contributed by atoms with Crippen molar-refractivity contribution in [2.45, 2.75) is 43.9 Å². The summed E-state index contributed by atoms with van der Waals surface area (Å²) in [7, 11) is 3.68. The van der Waals surface area contributed by atoms with E-state index in [1.165, 1.54) is 44.1 Å². The summed E-state index contributed by atoms with van der Waals surface area (Å²) >= 11 is 0. The highest BCUT2D eigenvalue weighted by molar-refractivity contribution is 5.98. The van der Waals surface area contributed by atoms with Gasteiger partial charge in [0.15, 0.2) is 0 Å². The lowest BCUT2D eigenvalue weighted by molar-refractivity contribution is -0.00563. The molecule has 1 N–H and O–H groups in total. The van der Waals surface area contributed by atoms with Gasteiger partial charge >= 0.3 is 5.97 Å². The zero-order valence-corrected chi connectivity index (χ0v) is 19.9. The van der Waals surface area contributed by atoms with E-state index in [0.29, 0.717) is 5.56 Å². The lowest BCUT2D eigenvalue weighted by atomic mass is 9.47. The first kappa shape index (κ1) is 21.4. The minimum atomic E-state index is -0.910. The zero-order valence-electron chi connectivity index (χ0n) is 19.9. The Kier molecular flexibility index (Phi) is 4.84. The molecular formula is C30H31NO3. The smallest absolute Gasteiger partial charge is 0.335 e. The Morgan fingerprint density at radius 3 is 1.97 bits per heavy atom. The number of hydrogen-bond donors (Lipinski definition) is 1. The molecule has 174 valence electrons. The minimum absolute atomic E-state index is 0.0945. The number of carboxylic acid groups (broad SMARTS) is 1. The van der Waals surface area contributed by atoms with E-state index in [1.807, 2.05) is 32.3 Å². The second kappa shape index (κ2) is 7.69. The normalized spacial score (nSPS) is 27.2. The fraction of sp³-hybridized carbons (Fsp3) is 0.400. The monoisotopic (exact) mass is 453 g/mol. The molecule has 0 aliphatic heterocycles. The maximum atomic E-state index is 13.2. The molecule has 4 bridgehead atoms. The Morgan fingerprint density at radius 2 is 1.35 bits per heavy atom. The Labute approximate surface area is 200 Å². The van der Waals surface area contributed by atoms with Crippen LogP contribution in [-0.2, 0) is 5.41 Å². The van der Waals surface area contributed by atoms with Gasteiger partial charge in [-0.15, -0.1) is 0 Å². The summed E-state index contributed by atoms with van der Waals surface area (Å²) in [5.74, 6) is 1.60. The Balaban J connectivity index is 1.47. The van der Waals surface area contributed by atoms with Crippen molar-refractivity contribution in [2.75, 3.05) is 14.1 Å². The molecule has 4 aliphatic rings. The van der Waals surface area contributed by atoms with Crippen LogP contribution in [0.5, 0.6) is 0 Å². The van der Waals surface area contributed by atoms with E-state index in [0.717, 1.165) is 45.2 Å². The fourth-order valence-electron chi connectivity index (χ4n) is 7.59. The van der Waals surface area contributed by atoms with Crippen LogP contribution in [0.3, 0.4) is 0 Å². The summed E-state index contributed by atoms with van der Waals surface area (Å²) in [5, 5.41) is 11.2. The van der Waals surface area contributed by atoms with Gasteiger partial charge in [-0.3, -0.25) is 4.79 Å². The van der Waals surface area contributed by atoms with Crippen LogP contribution in [0, 0.1) is 17.8 Å². The van der Waals surface area contributed by atoms with Crippen molar-refractivity contribution >= 4 is 22.6 Å². The van der Waals surface area contributed by atoms with Crippen LogP contribution in [0.2, 0.25) is 0 Å². The molecule has 1 amide bonds. The van der Waals surface area contributed by atoms with E-state index in [-0.39, 0.29) is 11.3 Å². The Hall–Kier alpha value is -3.14. The Bertz CT molecular complexity index is 1290. The molecule has 4 nitrogen and oxygen atoms in total. The van der Waals surface area contributed by atoms with Gasteiger partial charge in [-0.25, -0.2) is 4.79 Å². The van der Waals surface area contributed by atoms with Crippen molar-refractivity contribution in [3.05, 3.63) is 71.3 Å². The summed E-state index contributed by atoms with van der Waals surface area (Å²) in [6, 6.07) is 17.9. The highest BCUT2D eigenvalue weighted by Gasteiger charge is 2.52. The maximum Gasteiger partial charge on any atom is 0.335 e. The van der Waals surface area contributed by atoms with E-state index < -0.39 is 5.97 Å². The lowest BCUT2D eigenvalue weighted by Crippen LogP contribution is -2.49. The minimum Gasteiger partial charge on any atom is -0.478 e. The van der Waals surface area contributed by atoms with E-state index in [2.05, 4.69) is 24.3 Å². The first-order valence-electron chi connectivity index (χ1n) is 12.4. The van der Waals surface area contributed by atoms with Gasteiger partial charge in [-0.2, -0.15) is 0 Å². The van der Waals surface area contributed by atoms with Gasteiger partial charge in [0, 0.05) is 19.7 Å². The standard InChI is InChI=1S/C30H31NO3/c1-31(2)28(32)26-8-7-24(22-3-4-23-13-25(29(33)34)6-5-21(23)12-22)14-27(26)30-15-18-9-19(16-30)11-20(10-18)17-30/h3-8,12-14,18-20H,9-11,15-17H2,1-2H3,(H,33,34). The van der Waals surface area contributed by atoms with Crippen LogP contribution >= 0.6 is 0 Å². The van der Waals surface area contributed by atoms with Crippen LogP contribution in [0.15, 0.2) is 54.6 Å². The summed E-state index contributed by atoms with van der Waals surface area (Å²) in [5.41, 5.74) is 4.78. The lowest BCUT2D eigenvalue weighted by Gasteiger charge is -2.57. The van der Waals surface area contributed by atoms with Crippen LogP contribution < -0.4 is 0 Å². The third-order valence-corrected chi connectivity index (χ3v) is 8.69. The van der Waals surface area contributed by atoms with E-state index >= 15 is 0 Å². The molecule has 34 heavy (non-hydrogen) atoms. The number of carbonyl (C=O) groups is 2. The fourth-order valence-corrected chi connectivity index (χ4v) is 7.59. The van der Waals surface area contributed by atoms with Crippen molar-refractivity contribution in [1.82, 2.24) is 4.90 Å². The van der Waals surface area contributed by atoms with Gasteiger partial charge in [0.25, 0.3) is 5.91 Å². The molecule has 3 aromatic carbocycles. The second-order valence-corrected chi connectivity index (χ2v) is 11.2. The molecule has 0 aromatic heterocycles. The second-order valence-electron chi connectivity index (χ2n) is 11.2. The third kappa shape index (κ3) is 3.43. The molecule has 0 saturated heterocycles. The van der Waals surface area contributed by atoms with E-state index in [1.54, 1.807) is 17.0 Å². The molecule has 7 rings (SSSR count). The van der Waals surface area contributed by atoms with E-state index in [4.69, 9.17) is 0 Å². The third-order valence-electron chi connectivity index (χ3n) is 8.69. The molecule has 0 radical (unpaired) electrons. The number of amides is 1. The molecule has 4 fully saturated rings. The van der Waals surface area contributed by atoms with Gasteiger partial charge in [0.2, 0.25) is 0 Å². The molecular weight excluding hydrogens is 422 g/mol. The van der Waals surface area contributed by atoms with Crippen molar-refractivity contribution < 1.29 is 14.7 Å². The van der Waals surface area contributed by atoms with Gasteiger partial charge in [0.1, 0.15) is 0 Å². The first-order chi connectivity index (χ1) is 16.3. The molecule has 4 heteroatoms. The SMILES string of the molecule is CN(C)C(=O)c1ccc(-c2ccc3cc(C(=O)O)ccc3c2)cc1C12CC3CC(CC(C3)C1)C2. The number of carboxylic acids is 1. The molecule has 3 aromatic rings. The molecule has 4 aliphatic carbocycles. The topological polar surface area (TPSA) is 57.6 Å². The predicted molar refractivity (Wildman–Crippen MR) is 134 cm³/mol. The number of fused-ring (bicyclic) bond motifs is 1. The summed E-state index contributed by atoms with van der Waals surface area (Å²) in [4.78, 5) is 26.3. The highest BCUT2D eigenvalue weighted by atomic mass is 16.4. The number of rotatable bonds is 4. The number of aromatic carboxylic acids is 1. The average Bonchev–Trinajstić information content (AvgIpc) is 2.81. The average molecular weight is 454 g/mol. The quantitative estimate of drug-likeness (QED) is 0.499. The number of hydrogen-bond acceptors (Lipinski definition) is 2. The van der Waals surface area contributed by atoms with Gasteiger partial charge in [-0.1, -0.05) is 24.3 Å². The van der Waals surface area contributed by atoms with Crippen molar-refractivity contribution in [3.63, 3.8) is 0 Å². The molecule has 0 atom stereocenters. The van der Waals surface area contributed by atoms with E-state index in [9.17, 15) is 14.7 Å². The highest BCUT2D eigenvalue weighted by Crippen LogP contribution is 2.61. The number of carbonyl (C=O) groups excluding carboxylic acids is 1. The van der Waals surface area contributed by atoms with Crippen LogP contribution in [-0.4, -0.2) is 36.0 Å². The molecule has 0 unspecified atom stereocenters. The summed E-state index contributed by atoms with van der Waals surface area (Å²) < 4.78 is 0. The summed E-state index contributed by atoms with van der Waals surface area (Å²) in [6.45, 7) is 0. The van der Waals surface area contributed by atoms with Gasteiger partial charge in [-0.05, 0) is 119 Å². The first-order valence-corrected chi connectivity index (χ1v) is 12.4. The van der Waals surface area contributed by atoms with Crippen molar-refractivity contribution in [1.29, 1.82) is 0 Å². The van der Waals surface area contributed by atoms with Gasteiger partial charge < -0.3 is 10.0 Å². The number of benzene rings is 3. The summed E-state index contributed by atoms with van der Waals surface area (Å²) in [6.07, 6.45) is 7.76. The number of nitrogens with zero attached hydrogens (tertiary/aromatic N) is 1. The largest absolute Gasteiger partial charge is 0.478 e. The van der Waals surface area contributed by atoms with Crippen molar-refractivity contribution in [2.24, 2.45) is 17.8 Å². The van der Waals surface area contributed by atoms with Crippen molar-refractivity contribution in [3.8, 4) is 11.1 Å². The molecule has 4 saturated carbocycles. The Morgan fingerprint density at radius 1 is 0.794 bits per heavy atom. The van der Waals surface area contributed by atoms with Crippen LogP contribution in [0.25, 0.3) is 21.9 Å². The zero-order chi connectivity index (χ0) is 23.6. The van der Waals surface area contributed by atoms with Crippen LogP contribution in [0.1, 0.15) is 64.8 Å². The van der Waals surface area contributed by atoms with Gasteiger partial charge in [0.05, 0.1) is 5.56 Å². The molecule has 0 spiro atoms. The molecule has 0 heterocycles. The predicted octanol–water partition coefficient (Wildman–Crippen LogP) is 6.37.